The second-order valence-corrected chi connectivity index (χ2v) is 3.53. The van der Waals surface area contributed by atoms with E-state index in [0.29, 0.717) is 11.3 Å². The summed E-state index contributed by atoms with van der Waals surface area (Å²) in [5.41, 5.74) is 0. The van der Waals surface area contributed by atoms with Crippen LogP contribution in [0.4, 0.5) is 13.2 Å². The molecule has 0 N–H and O–H groups in total. The van der Waals surface area contributed by atoms with Crippen molar-refractivity contribution in [2.75, 3.05) is 26.9 Å². The Balaban J connectivity index is 2.32. The van der Waals surface area contributed by atoms with Crippen LogP contribution in [0.5, 0.6) is 0 Å². The Bertz CT molecular complexity index is 305. The van der Waals surface area contributed by atoms with Gasteiger partial charge in [-0.3, -0.25) is 4.79 Å². The van der Waals surface area contributed by atoms with Crippen LogP contribution in [0.1, 0.15) is 6.42 Å². The first-order chi connectivity index (χ1) is 7.86. The van der Waals surface area contributed by atoms with E-state index in [1.807, 2.05) is 0 Å². The normalized spacial score (nSPS) is 19.8. The van der Waals surface area contributed by atoms with E-state index in [4.69, 9.17) is 4.74 Å². The molecule has 5 nitrogen and oxygen atoms in total. The third-order valence-corrected chi connectivity index (χ3v) is 2.41. The van der Waals surface area contributed by atoms with Crippen LogP contribution in [-0.2, 0) is 19.1 Å². The van der Waals surface area contributed by atoms with Gasteiger partial charge in [0.15, 0.2) is 0 Å². The number of methoxy groups -OCH3 is 1. The van der Waals surface area contributed by atoms with Gasteiger partial charge < -0.3 is 14.4 Å². The number of esters is 1. The minimum absolute atomic E-state index is 0.0601. The van der Waals surface area contributed by atoms with Crippen molar-refractivity contribution in [2.24, 2.45) is 0 Å². The number of halogens is 3. The van der Waals surface area contributed by atoms with E-state index in [1.54, 1.807) is 0 Å². The minimum Gasteiger partial charge on any atom is -0.467 e. The van der Waals surface area contributed by atoms with Gasteiger partial charge >= 0.3 is 18.1 Å². The molecule has 0 aromatic rings. The first kappa shape index (κ1) is 13.8. The fraction of sp³-hybridized carbons (Fsp3) is 0.778. The molecule has 17 heavy (non-hydrogen) atoms. The molecule has 0 aromatic carbocycles. The topological polar surface area (TPSA) is 55.8 Å². The number of rotatable bonds is 4. The van der Waals surface area contributed by atoms with Crippen LogP contribution in [0, 0.1) is 0 Å². The highest BCUT2D eigenvalue weighted by Crippen LogP contribution is 2.26. The van der Waals surface area contributed by atoms with Gasteiger partial charge in [-0.1, -0.05) is 0 Å². The van der Waals surface area contributed by atoms with E-state index in [2.05, 4.69) is 4.74 Å². The highest BCUT2D eigenvalue weighted by molar-refractivity contribution is 5.82. The van der Waals surface area contributed by atoms with Crippen LogP contribution in [0.2, 0.25) is 0 Å². The molecule has 1 rings (SSSR count). The summed E-state index contributed by atoms with van der Waals surface area (Å²) in [6.07, 6.45) is -4.43. The van der Waals surface area contributed by atoms with Gasteiger partial charge in [-0.05, 0) is 6.42 Å². The molecule has 0 aromatic heterocycles. The largest absolute Gasteiger partial charge is 0.471 e. The predicted molar refractivity (Wildman–Crippen MR) is 49.0 cm³/mol. The third-order valence-electron chi connectivity index (χ3n) is 2.41. The van der Waals surface area contributed by atoms with E-state index in [0.717, 1.165) is 0 Å². The molecule has 0 aliphatic carbocycles. The fourth-order valence-corrected chi connectivity index (χ4v) is 1.38. The Morgan fingerprint density at radius 1 is 1.41 bits per heavy atom. The molecule has 1 unspecified atom stereocenters. The maximum absolute atomic E-state index is 12.1. The van der Waals surface area contributed by atoms with Gasteiger partial charge in [0.1, 0.15) is 6.61 Å². The lowest BCUT2D eigenvalue weighted by Gasteiger charge is -2.40. The molecule has 1 saturated heterocycles. The van der Waals surface area contributed by atoms with E-state index in [1.165, 1.54) is 7.11 Å². The fourth-order valence-electron chi connectivity index (χ4n) is 1.38. The first-order valence-electron chi connectivity index (χ1n) is 4.88. The number of likely N-dealkylation sites (tertiary alicyclic amines) is 1. The second kappa shape index (κ2) is 5.35. The standard InChI is InChI=1S/C9H12F3NO4/c1-16-7(14)5-17-4-6-2-3-13(6)8(15)9(10,11)12/h6H,2-5H2,1H3. The van der Waals surface area contributed by atoms with Crippen molar-refractivity contribution in [3.05, 3.63) is 0 Å². The number of alkyl halides is 3. The highest BCUT2D eigenvalue weighted by Gasteiger charge is 2.47. The van der Waals surface area contributed by atoms with Gasteiger partial charge in [-0.15, -0.1) is 0 Å². The zero-order valence-corrected chi connectivity index (χ0v) is 9.12. The number of carbonyl (C=O) groups is 2. The van der Waals surface area contributed by atoms with Gasteiger partial charge in [0.05, 0.1) is 19.8 Å². The van der Waals surface area contributed by atoms with Gasteiger partial charge in [0, 0.05) is 6.54 Å². The van der Waals surface area contributed by atoms with Gasteiger partial charge in [0.25, 0.3) is 0 Å². The van der Waals surface area contributed by atoms with Crippen LogP contribution in [-0.4, -0.2) is 55.9 Å². The summed E-state index contributed by atoms with van der Waals surface area (Å²) in [4.78, 5) is 22.2. The van der Waals surface area contributed by atoms with Crippen LogP contribution in [0.25, 0.3) is 0 Å². The Morgan fingerprint density at radius 2 is 2.06 bits per heavy atom. The smallest absolute Gasteiger partial charge is 0.467 e. The van der Waals surface area contributed by atoms with Crippen molar-refractivity contribution >= 4 is 11.9 Å². The Morgan fingerprint density at radius 3 is 2.47 bits per heavy atom. The monoisotopic (exact) mass is 255 g/mol. The van der Waals surface area contributed by atoms with Crippen molar-refractivity contribution in [3.8, 4) is 0 Å². The summed E-state index contributed by atoms with van der Waals surface area (Å²) in [5.74, 6) is -2.48. The Kier molecular flexibility index (Phi) is 4.33. The molecule has 8 heteroatoms. The molecule has 1 aliphatic heterocycles. The maximum Gasteiger partial charge on any atom is 0.471 e. The summed E-state index contributed by atoms with van der Waals surface area (Å²) in [5, 5.41) is 0. The predicted octanol–water partition coefficient (Wildman–Crippen LogP) is 0.339. The van der Waals surface area contributed by atoms with Gasteiger partial charge in [0.2, 0.25) is 0 Å². The molecular formula is C9H12F3NO4. The molecule has 1 atom stereocenters. The van der Waals surface area contributed by atoms with Crippen molar-refractivity contribution in [3.63, 3.8) is 0 Å². The van der Waals surface area contributed by atoms with E-state index >= 15 is 0 Å². The van der Waals surface area contributed by atoms with E-state index in [-0.39, 0.29) is 19.8 Å². The number of nitrogens with zero attached hydrogens (tertiary/aromatic N) is 1. The molecule has 0 spiro atoms. The van der Waals surface area contributed by atoms with Crippen LogP contribution in [0.15, 0.2) is 0 Å². The first-order valence-corrected chi connectivity index (χ1v) is 4.88. The van der Waals surface area contributed by atoms with Crippen molar-refractivity contribution in [2.45, 2.75) is 18.6 Å². The summed E-state index contributed by atoms with van der Waals surface area (Å²) < 4.78 is 45.4. The van der Waals surface area contributed by atoms with Crippen LogP contribution < -0.4 is 0 Å². The lowest BCUT2D eigenvalue weighted by atomic mass is 10.0. The molecule has 1 aliphatic rings. The summed E-state index contributed by atoms with van der Waals surface area (Å²) >= 11 is 0. The lowest BCUT2D eigenvalue weighted by molar-refractivity contribution is -0.195. The SMILES string of the molecule is COC(=O)COCC1CCN1C(=O)C(F)(F)F. The summed E-state index contributed by atoms with van der Waals surface area (Å²) in [6, 6.07) is -0.617. The molecule has 1 amide bonds. The quantitative estimate of drug-likeness (QED) is 0.680. The number of ether oxygens (including phenoxy) is 2. The van der Waals surface area contributed by atoms with Gasteiger partial charge in [-0.2, -0.15) is 13.2 Å². The second-order valence-electron chi connectivity index (χ2n) is 3.53. The number of carbonyl (C=O) groups excluding carboxylic acids is 2. The molecule has 0 saturated carbocycles. The van der Waals surface area contributed by atoms with Crippen LogP contribution >= 0.6 is 0 Å². The molecule has 0 radical (unpaired) electrons. The molecular weight excluding hydrogens is 243 g/mol. The number of amides is 1. The molecule has 1 fully saturated rings. The summed E-state index contributed by atoms with van der Waals surface area (Å²) in [7, 11) is 1.18. The van der Waals surface area contributed by atoms with E-state index in [9.17, 15) is 22.8 Å². The molecule has 98 valence electrons. The maximum atomic E-state index is 12.1. The average Bonchev–Trinajstić information content (AvgIpc) is 2.20. The Hall–Kier alpha value is -1.31. The molecule has 1 heterocycles. The zero-order valence-electron chi connectivity index (χ0n) is 9.12. The third kappa shape index (κ3) is 3.58. The van der Waals surface area contributed by atoms with Gasteiger partial charge in [-0.25, -0.2) is 4.79 Å². The Labute approximate surface area is 95.5 Å². The van der Waals surface area contributed by atoms with Crippen molar-refractivity contribution in [1.29, 1.82) is 0 Å². The van der Waals surface area contributed by atoms with Crippen molar-refractivity contribution < 1.29 is 32.2 Å². The number of hydrogen-bond acceptors (Lipinski definition) is 4. The van der Waals surface area contributed by atoms with Crippen LogP contribution in [0.3, 0.4) is 0 Å². The minimum atomic E-state index is -4.86. The zero-order chi connectivity index (χ0) is 13.1. The number of hydrogen-bond donors (Lipinski definition) is 0. The average molecular weight is 255 g/mol. The summed E-state index contributed by atoms with van der Waals surface area (Å²) in [6.45, 7) is -0.372. The van der Waals surface area contributed by atoms with E-state index < -0.39 is 24.1 Å². The van der Waals surface area contributed by atoms with Crippen molar-refractivity contribution in [1.82, 2.24) is 4.90 Å². The highest BCUT2D eigenvalue weighted by atomic mass is 19.4. The molecule has 0 bridgehead atoms. The lowest BCUT2D eigenvalue weighted by Crippen LogP contribution is -2.57.